The summed E-state index contributed by atoms with van der Waals surface area (Å²) in [7, 11) is 2.83. The molecule has 2 rings (SSSR count). The van der Waals surface area contributed by atoms with Crippen molar-refractivity contribution in [1.82, 2.24) is 4.57 Å². The molecule has 0 aliphatic rings. The maximum Gasteiger partial charge on any atom is 0.341 e. The zero-order valence-corrected chi connectivity index (χ0v) is 13.4. The van der Waals surface area contributed by atoms with Gasteiger partial charge in [-0.15, -0.1) is 0 Å². The van der Waals surface area contributed by atoms with Crippen LogP contribution in [0.15, 0.2) is 17.1 Å². The predicted molar refractivity (Wildman–Crippen MR) is 83.7 cm³/mol. The van der Waals surface area contributed by atoms with E-state index < -0.39 is 11.4 Å². The lowest BCUT2D eigenvalue weighted by Crippen LogP contribution is -2.20. The van der Waals surface area contributed by atoms with Gasteiger partial charge in [0.1, 0.15) is 11.3 Å². The van der Waals surface area contributed by atoms with Gasteiger partial charge < -0.3 is 19.1 Å². The Morgan fingerprint density at radius 1 is 1.32 bits per heavy atom. The van der Waals surface area contributed by atoms with Crippen LogP contribution in [-0.2, 0) is 0 Å². The molecule has 0 aliphatic heterocycles. The molecule has 0 atom stereocenters. The summed E-state index contributed by atoms with van der Waals surface area (Å²) < 4.78 is 12.2. The second-order valence-electron chi connectivity index (χ2n) is 5.00. The van der Waals surface area contributed by atoms with Crippen LogP contribution in [-0.4, -0.2) is 29.9 Å². The first-order valence-corrected chi connectivity index (χ1v) is 6.93. The van der Waals surface area contributed by atoms with Crippen LogP contribution in [0.4, 0.5) is 0 Å². The molecule has 0 bridgehead atoms. The Hall–Kier alpha value is -2.21. The number of hydrogen-bond acceptors (Lipinski definition) is 4. The third-order valence-corrected chi connectivity index (χ3v) is 3.66. The average Bonchev–Trinajstić information content (AvgIpc) is 2.46. The number of ether oxygens (including phenoxy) is 2. The van der Waals surface area contributed by atoms with Gasteiger partial charge >= 0.3 is 5.97 Å². The van der Waals surface area contributed by atoms with Crippen molar-refractivity contribution < 1.29 is 19.4 Å². The fraction of sp³-hybridized carbons (Fsp3) is 0.333. The first-order valence-electron chi connectivity index (χ1n) is 6.56. The molecule has 0 saturated heterocycles. The normalized spacial score (nSPS) is 11.0. The van der Waals surface area contributed by atoms with Gasteiger partial charge in [0, 0.05) is 18.3 Å². The van der Waals surface area contributed by atoms with Crippen LogP contribution in [0.2, 0.25) is 5.02 Å². The molecular weight excluding hydrogens is 310 g/mol. The number of rotatable bonds is 4. The number of fused-ring (bicyclic) bond motifs is 1. The van der Waals surface area contributed by atoms with Gasteiger partial charge in [-0.1, -0.05) is 11.6 Å². The molecule has 118 valence electrons. The molecule has 2 aromatic rings. The first kappa shape index (κ1) is 16.2. The summed E-state index contributed by atoms with van der Waals surface area (Å²) in [5.74, 6) is -0.786. The standard InChI is InChI=1S/C15H16ClNO5/c1-7(2)17-6-8(15(19)20)13(18)11-12(17)10(21-3)5-9(16)14(11)22-4/h5-7H,1-4H3,(H,19,20). The Labute approximate surface area is 131 Å². The lowest BCUT2D eigenvalue weighted by Gasteiger charge is -2.20. The highest BCUT2D eigenvalue weighted by Gasteiger charge is 2.23. The van der Waals surface area contributed by atoms with Crippen LogP contribution in [0.1, 0.15) is 30.2 Å². The highest BCUT2D eigenvalue weighted by Crippen LogP contribution is 2.38. The summed E-state index contributed by atoms with van der Waals surface area (Å²) >= 11 is 6.12. The maximum absolute atomic E-state index is 12.6. The van der Waals surface area contributed by atoms with Crippen molar-refractivity contribution in [2.24, 2.45) is 0 Å². The van der Waals surface area contributed by atoms with E-state index in [-0.39, 0.29) is 27.8 Å². The van der Waals surface area contributed by atoms with E-state index in [0.717, 1.165) is 0 Å². The minimum atomic E-state index is -1.30. The first-order chi connectivity index (χ1) is 10.3. The molecule has 7 heteroatoms. The number of carboxylic acid groups (broad SMARTS) is 1. The fourth-order valence-corrected chi connectivity index (χ4v) is 2.65. The SMILES string of the molecule is COc1c(Cl)cc(OC)c2c1c(=O)c(C(=O)O)cn2C(C)C. The maximum atomic E-state index is 12.6. The smallest absolute Gasteiger partial charge is 0.341 e. The predicted octanol–water partition coefficient (Wildman–Crippen LogP) is 2.95. The third kappa shape index (κ3) is 2.39. The van der Waals surface area contributed by atoms with Crippen molar-refractivity contribution in [1.29, 1.82) is 0 Å². The number of hydrogen-bond donors (Lipinski definition) is 1. The van der Waals surface area contributed by atoms with Crippen LogP contribution in [0.5, 0.6) is 11.5 Å². The Kier molecular flexibility index (Phi) is 4.32. The molecule has 0 fully saturated rings. The number of benzene rings is 1. The lowest BCUT2D eigenvalue weighted by molar-refractivity contribution is 0.0694. The Morgan fingerprint density at radius 3 is 2.41 bits per heavy atom. The Morgan fingerprint density at radius 2 is 1.95 bits per heavy atom. The van der Waals surface area contributed by atoms with Crippen molar-refractivity contribution in [2.45, 2.75) is 19.9 Å². The van der Waals surface area contributed by atoms with Gasteiger partial charge in [-0.2, -0.15) is 0 Å². The van der Waals surface area contributed by atoms with Crippen molar-refractivity contribution in [3.05, 3.63) is 33.1 Å². The molecule has 22 heavy (non-hydrogen) atoms. The zero-order chi connectivity index (χ0) is 16.6. The topological polar surface area (TPSA) is 77.8 Å². The van der Waals surface area contributed by atoms with Gasteiger partial charge in [-0.25, -0.2) is 4.79 Å². The van der Waals surface area contributed by atoms with E-state index in [2.05, 4.69) is 0 Å². The third-order valence-electron chi connectivity index (χ3n) is 3.38. The second kappa shape index (κ2) is 5.88. The van der Waals surface area contributed by atoms with Crippen molar-refractivity contribution >= 4 is 28.5 Å². The highest BCUT2D eigenvalue weighted by molar-refractivity contribution is 6.33. The molecule has 1 aromatic carbocycles. The molecule has 1 N–H and O–H groups in total. The van der Waals surface area contributed by atoms with Crippen molar-refractivity contribution in [3.63, 3.8) is 0 Å². The molecule has 0 unspecified atom stereocenters. The number of aromatic carboxylic acids is 1. The van der Waals surface area contributed by atoms with Gasteiger partial charge in [0.25, 0.3) is 0 Å². The number of carboxylic acids is 1. The largest absolute Gasteiger partial charge is 0.494 e. The van der Waals surface area contributed by atoms with Gasteiger partial charge in [0.15, 0.2) is 5.75 Å². The summed E-state index contributed by atoms with van der Waals surface area (Å²) in [6.45, 7) is 3.74. The van der Waals surface area contributed by atoms with Crippen molar-refractivity contribution in [2.75, 3.05) is 14.2 Å². The van der Waals surface area contributed by atoms with E-state index in [1.165, 1.54) is 20.4 Å². The number of halogens is 1. The quantitative estimate of drug-likeness (QED) is 0.935. The lowest BCUT2D eigenvalue weighted by atomic mass is 10.1. The molecule has 0 saturated carbocycles. The number of pyridine rings is 1. The van der Waals surface area contributed by atoms with E-state index in [4.69, 9.17) is 21.1 Å². The summed E-state index contributed by atoms with van der Waals surface area (Å²) in [6.07, 6.45) is 1.31. The van der Waals surface area contributed by atoms with Crippen molar-refractivity contribution in [3.8, 4) is 11.5 Å². The molecule has 0 spiro atoms. The second-order valence-corrected chi connectivity index (χ2v) is 5.40. The minimum Gasteiger partial charge on any atom is -0.494 e. The zero-order valence-electron chi connectivity index (χ0n) is 12.6. The minimum absolute atomic E-state index is 0.0963. The molecule has 1 aromatic heterocycles. The van der Waals surface area contributed by atoms with E-state index in [1.807, 2.05) is 13.8 Å². The van der Waals surface area contributed by atoms with Gasteiger partial charge in [-0.05, 0) is 13.8 Å². The van der Waals surface area contributed by atoms with Gasteiger partial charge in [-0.3, -0.25) is 4.79 Å². The fourth-order valence-electron chi connectivity index (χ4n) is 2.38. The van der Waals surface area contributed by atoms with E-state index in [9.17, 15) is 14.7 Å². The van der Waals surface area contributed by atoms with Gasteiger partial charge in [0.05, 0.1) is 30.1 Å². The molecule has 0 amide bonds. The summed E-state index contributed by atoms with van der Waals surface area (Å²) in [6, 6.07) is 1.45. The number of methoxy groups -OCH3 is 2. The monoisotopic (exact) mass is 325 g/mol. The average molecular weight is 326 g/mol. The molecule has 1 heterocycles. The van der Waals surface area contributed by atoms with Gasteiger partial charge in [0.2, 0.25) is 5.43 Å². The number of carbonyl (C=O) groups is 1. The van der Waals surface area contributed by atoms with Crippen LogP contribution in [0, 0.1) is 0 Å². The molecular formula is C15H16ClNO5. The molecule has 0 radical (unpaired) electrons. The van der Waals surface area contributed by atoms with E-state index >= 15 is 0 Å². The summed E-state index contributed by atoms with van der Waals surface area (Å²) in [4.78, 5) is 23.9. The van der Waals surface area contributed by atoms with Crippen LogP contribution < -0.4 is 14.9 Å². The Balaban J connectivity index is 3.17. The van der Waals surface area contributed by atoms with Crippen LogP contribution in [0.25, 0.3) is 10.9 Å². The van der Waals surface area contributed by atoms with Crippen LogP contribution >= 0.6 is 11.6 Å². The Bertz CT molecular complexity index is 810. The molecule has 6 nitrogen and oxygen atoms in total. The number of nitrogens with zero attached hydrogens (tertiary/aromatic N) is 1. The summed E-state index contributed by atoms with van der Waals surface area (Å²) in [5, 5.41) is 9.55. The number of aromatic nitrogens is 1. The van der Waals surface area contributed by atoms with E-state index in [1.54, 1.807) is 10.6 Å². The van der Waals surface area contributed by atoms with Crippen LogP contribution in [0.3, 0.4) is 0 Å². The van der Waals surface area contributed by atoms with E-state index in [0.29, 0.717) is 11.3 Å². The molecule has 0 aliphatic carbocycles. The summed E-state index contributed by atoms with van der Waals surface area (Å²) in [5.41, 5.74) is -0.547. The highest BCUT2D eigenvalue weighted by atomic mass is 35.5.